The third-order valence-electron chi connectivity index (χ3n) is 9.29. The van der Waals surface area contributed by atoms with E-state index in [-0.39, 0.29) is 23.0 Å². The Morgan fingerprint density at radius 3 is 2.56 bits per heavy atom. The Labute approximate surface area is 205 Å². The van der Waals surface area contributed by atoms with Crippen LogP contribution in [0, 0.1) is 35.0 Å². The zero-order valence-electron chi connectivity index (χ0n) is 21.2. The lowest BCUT2D eigenvalue weighted by Crippen LogP contribution is -2.51. The Bertz CT molecular complexity index is 1150. The molecule has 2 unspecified atom stereocenters. The average molecular weight is 455 g/mol. The van der Waals surface area contributed by atoms with E-state index in [2.05, 4.69) is 57.4 Å². The van der Waals surface area contributed by atoms with E-state index in [1.165, 1.54) is 16.7 Å². The fourth-order valence-electron chi connectivity index (χ4n) is 7.47. The minimum absolute atomic E-state index is 0.102. The highest BCUT2D eigenvalue weighted by Crippen LogP contribution is 2.66. The summed E-state index contributed by atoms with van der Waals surface area (Å²) in [4.78, 5) is 11.9. The van der Waals surface area contributed by atoms with Gasteiger partial charge in [-0.25, -0.2) is 0 Å². The summed E-state index contributed by atoms with van der Waals surface area (Å²) in [5, 5.41) is 12.0. The second kappa shape index (κ2) is 8.39. The van der Waals surface area contributed by atoms with Crippen LogP contribution < -0.4 is 0 Å². The van der Waals surface area contributed by atoms with Crippen LogP contribution in [0.25, 0.3) is 0 Å². The Kier molecular flexibility index (Phi) is 5.77. The van der Waals surface area contributed by atoms with Gasteiger partial charge < -0.3 is 5.11 Å². The van der Waals surface area contributed by atoms with Crippen LogP contribution in [-0.2, 0) is 0 Å². The summed E-state index contributed by atoms with van der Waals surface area (Å²) in [5.74, 6) is 8.24. The van der Waals surface area contributed by atoms with Crippen LogP contribution >= 0.6 is 0 Å². The van der Waals surface area contributed by atoms with Gasteiger partial charge >= 0.3 is 0 Å². The van der Waals surface area contributed by atoms with Gasteiger partial charge in [0, 0.05) is 22.8 Å². The zero-order valence-corrected chi connectivity index (χ0v) is 21.2. The molecule has 5 rings (SSSR count). The van der Waals surface area contributed by atoms with E-state index in [1.54, 1.807) is 18.1 Å². The molecule has 2 saturated carbocycles. The average Bonchev–Trinajstić information content (AvgIpc) is 3.07. The molecule has 0 saturated heterocycles. The first-order valence-electron chi connectivity index (χ1n) is 13.1. The van der Waals surface area contributed by atoms with Gasteiger partial charge in [0.05, 0.1) is 0 Å². The van der Waals surface area contributed by atoms with Crippen molar-refractivity contribution < 1.29 is 9.90 Å². The molecule has 0 amide bonds. The lowest BCUT2D eigenvalue weighted by atomic mass is 9.51. The van der Waals surface area contributed by atoms with E-state index in [0.29, 0.717) is 11.8 Å². The van der Waals surface area contributed by atoms with Crippen molar-refractivity contribution in [3.63, 3.8) is 0 Å². The minimum atomic E-state index is -0.938. The molecule has 4 aliphatic rings. The van der Waals surface area contributed by atoms with Crippen molar-refractivity contribution in [3.8, 4) is 11.8 Å². The number of hydrogen-bond acceptors (Lipinski definition) is 2. The first kappa shape index (κ1) is 23.4. The number of benzene rings is 1. The van der Waals surface area contributed by atoms with Crippen LogP contribution in [0.3, 0.4) is 0 Å². The van der Waals surface area contributed by atoms with Crippen LogP contribution in [0.5, 0.6) is 0 Å². The molecule has 0 aliphatic heterocycles. The summed E-state index contributed by atoms with van der Waals surface area (Å²) >= 11 is 0. The maximum atomic E-state index is 12.0. The van der Waals surface area contributed by atoms with Crippen LogP contribution in [0.4, 0.5) is 0 Å². The molecular weight excluding hydrogens is 416 g/mol. The molecule has 2 heteroatoms. The second-order valence-electron chi connectivity index (χ2n) is 11.7. The van der Waals surface area contributed by atoms with Gasteiger partial charge in [0.25, 0.3) is 0 Å². The van der Waals surface area contributed by atoms with E-state index >= 15 is 0 Å². The molecule has 1 aromatic rings. The molecule has 2 nitrogen and oxygen atoms in total. The maximum Gasteiger partial charge on any atom is 0.159 e. The number of rotatable bonds is 2. The number of aliphatic hydroxyl groups is 1. The van der Waals surface area contributed by atoms with Crippen molar-refractivity contribution in [2.24, 2.45) is 23.2 Å². The Balaban J connectivity index is 1.66. The minimum Gasteiger partial charge on any atom is -0.377 e. The molecule has 0 spiro atoms. The van der Waals surface area contributed by atoms with E-state index in [4.69, 9.17) is 0 Å². The molecule has 0 bridgehead atoms. The van der Waals surface area contributed by atoms with Crippen LogP contribution in [-0.4, -0.2) is 16.5 Å². The molecular formula is C32H38O2. The zero-order chi connectivity index (χ0) is 24.3. The lowest BCUT2D eigenvalue weighted by molar-refractivity contribution is -0.0514. The number of Topliss-reactive ketones (excluding diaryl/α,β-unsaturated/α-hetero) is 1. The van der Waals surface area contributed by atoms with Crippen molar-refractivity contribution in [3.05, 3.63) is 70.3 Å². The van der Waals surface area contributed by atoms with Crippen LogP contribution in [0.1, 0.15) is 94.5 Å². The molecule has 178 valence electrons. The van der Waals surface area contributed by atoms with Crippen molar-refractivity contribution in [1.29, 1.82) is 0 Å². The molecule has 1 N–H and O–H groups in total. The maximum absolute atomic E-state index is 12.0. The summed E-state index contributed by atoms with van der Waals surface area (Å²) in [6, 6.07) is 8.27. The first-order valence-corrected chi connectivity index (χ1v) is 13.1. The highest BCUT2D eigenvalue weighted by molar-refractivity contribution is 5.94. The van der Waals surface area contributed by atoms with E-state index in [9.17, 15) is 9.90 Å². The van der Waals surface area contributed by atoms with E-state index < -0.39 is 5.60 Å². The van der Waals surface area contributed by atoms with Crippen molar-refractivity contribution in [2.75, 3.05) is 0 Å². The Morgan fingerprint density at radius 1 is 1.15 bits per heavy atom. The van der Waals surface area contributed by atoms with Crippen LogP contribution in [0.2, 0.25) is 0 Å². The number of fused-ring (bicyclic) bond motifs is 4. The molecule has 5 atom stereocenters. The smallest absolute Gasteiger partial charge is 0.159 e. The van der Waals surface area contributed by atoms with Gasteiger partial charge in [-0.3, -0.25) is 4.79 Å². The third-order valence-corrected chi connectivity index (χ3v) is 9.29. The highest BCUT2D eigenvalue weighted by atomic mass is 16.3. The molecule has 0 heterocycles. The Morgan fingerprint density at radius 2 is 1.88 bits per heavy atom. The number of ketones is 1. The molecule has 1 aromatic carbocycles. The second-order valence-corrected chi connectivity index (χ2v) is 11.7. The van der Waals surface area contributed by atoms with Gasteiger partial charge in [-0.1, -0.05) is 80.7 Å². The predicted octanol–water partition coefficient (Wildman–Crippen LogP) is 7.17. The third kappa shape index (κ3) is 3.64. The van der Waals surface area contributed by atoms with E-state index in [0.717, 1.165) is 50.5 Å². The summed E-state index contributed by atoms with van der Waals surface area (Å²) in [6.45, 7) is 12.4. The van der Waals surface area contributed by atoms with Gasteiger partial charge in [0.2, 0.25) is 0 Å². The number of allylic oxidation sites excluding steroid dienone is 5. The largest absolute Gasteiger partial charge is 0.377 e. The standard InChI is InChI=1S/C32H38O2/c1-20(2)14-16-32(34)17-15-29-27-13-11-25-18-21(3)6-12-26(25)30(27)28(19-31(29,32)5)24-9-7-23(8-10-24)22(4)33/h7-10,18,20,27-29,34H,3,6,11-13,15,17,19H2,1-2,4-5H3/t27?,28-,29?,31+,32+/m1/s1. The number of carbonyl (C=O) groups is 1. The van der Waals surface area contributed by atoms with Gasteiger partial charge in [-0.15, -0.1) is 0 Å². The van der Waals surface area contributed by atoms with Gasteiger partial charge in [-0.05, 0) is 80.4 Å². The Hall–Kier alpha value is -2.37. The molecule has 34 heavy (non-hydrogen) atoms. The lowest BCUT2D eigenvalue weighted by Gasteiger charge is -2.53. The van der Waals surface area contributed by atoms with Crippen molar-refractivity contribution in [2.45, 2.75) is 84.2 Å². The van der Waals surface area contributed by atoms with Crippen LogP contribution in [0.15, 0.2) is 59.2 Å². The van der Waals surface area contributed by atoms with Gasteiger partial charge in [0.15, 0.2) is 5.78 Å². The van der Waals surface area contributed by atoms with Crippen molar-refractivity contribution in [1.82, 2.24) is 0 Å². The normalized spacial score (nSPS) is 34.6. The first-order chi connectivity index (χ1) is 16.1. The summed E-state index contributed by atoms with van der Waals surface area (Å²) < 4.78 is 0. The topological polar surface area (TPSA) is 37.3 Å². The van der Waals surface area contributed by atoms with E-state index in [1.807, 2.05) is 12.1 Å². The number of carbonyl (C=O) groups excluding carboxylic acids is 1. The summed E-state index contributed by atoms with van der Waals surface area (Å²) in [6.07, 6.45) is 9.44. The fourth-order valence-corrected chi connectivity index (χ4v) is 7.47. The SMILES string of the molecule is C=C1C=C2CCC3C(=C2CC1)[C@@H](c1ccc(C(C)=O)cc1)C[C@@]1(C)C3CC[C@@]1(O)C#CC(C)C. The number of hydrogen-bond donors (Lipinski definition) is 1. The molecule has 0 aromatic heterocycles. The van der Waals surface area contributed by atoms with Crippen molar-refractivity contribution >= 4 is 5.78 Å². The molecule has 2 fully saturated rings. The predicted molar refractivity (Wildman–Crippen MR) is 138 cm³/mol. The summed E-state index contributed by atoms with van der Waals surface area (Å²) in [5.41, 5.74) is 6.77. The molecule has 0 radical (unpaired) electrons. The monoisotopic (exact) mass is 454 g/mol. The van der Waals surface area contributed by atoms with Gasteiger partial charge in [-0.2, -0.15) is 0 Å². The quantitative estimate of drug-likeness (QED) is 0.380. The summed E-state index contributed by atoms with van der Waals surface area (Å²) in [7, 11) is 0. The fraction of sp³-hybridized carbons (Fsp3) is 0.531. The van der Waals surface area contributed by atoms with Gasteiger partial charge in [0.1, 0.15) is 5.60 Å². The highest BCUT2D eigenvalue weighted by Gasteiger charge is 2.62. The molecule has 4 aliphatic carbocycles.